The van der Waals surface area contributed by atoms with Crippen LogP contribution in [0.5, 0.6) is 5.75 Å². The minimum Gasteiger partial charge on any atom is -0.484 e. The molecule has 0 fully saturated rings. The number of aryl methyl sites for hydroxylation is 1. The zero-order chi connectivity index (χ0) is 19.6. The molecule has 27 heavy (non-hydrogen) atoms. The highest BCUT2D eigenvalue weighted by Gasteiger charge is 2.18. The van der Waals surface area contributed by atoms with Gasteiger partial charge in [-0.05, 0) is 38.1 Å². The fourth-order valence-corrected chi connectivity index (χ4v) is 3.06. The summed E-state index contributed by atoms with van der Waals surface area (Å²) in [5.41, 5.74) is 2.16. The zero-order valence-electron chi connectivity index (χ0n) is 14.8. The Balaban J connectivity index is 1.72. The van der Waals surface area contributed by atoms with Crippen molar-refractivity contribution >= 4 is 23.1 Å². The number of nitrogens with zero attached hydrogens (tertiary/aromatic N) is 2. The van der Waals surface area contributed by atoms with Crippen LogP contribution < -0.4 is 4.74 Å². The molecule has 7 nitrogen and oxygen atoms in total. The minimum absolute atomic E-state index is 0.0836. The third-order valence-corrected chi connectivity index (χ3v) is 4.55. The number of carbonyl (C=O) groups excluding carboxylic acids is 1. The van der Waals surface area contributed by atoms with E-state index >= 15 is 0 Å². The molecule has 0 aliphatic rings. The standard InChI is InChI=1S/C19H17ClN2O5/c1-12-8-16(13(2)21(12)10-15-4-3-7-26-15)18(23)11-27-19-6-5-14(22(24)25)9-17(19)20/h3-9H,10-11H2,1-2H3. The number of ether oxygens (including phenoxy) is 1. The van der Waals surface area contributed by atoms with Gasteiger partial charge in [-0.15, -0.1) is 0 Å². The van der Waals surface area contributed by atoms with Crippen LogP contribution in [0.4, 0.5) is 5.69 Å². The number of hydrogen-bond donors (Lipinski definition) is 0. The summed E-state index contributed by atoms with van der Waals surface area (Å²) in [4.78, 5) is 22.8. The Labute approximate surface area is 160 Å². The molecule has 0 bridgehead atoms. The van der Waals surface area contributed by atoms with Crippen molar-refractivity contribution in [1.82, 2.24) is 4.57 Å². The molecule has 3 rings (SSSR count). The summed E-state index contributed by atoms with van der Waals surface area (Å²) in [5.74, 6) is 0.813. The van der Waals surface area contributed by atoms with E-state index in [1.54, 1.807) is 12.3 Å². The van der Waals surface area contributed by atoms with Crippen LogP contribution in [0.25, 0.3) is 0 Å². The van der Waals surface area contributed by atoms with Crippen molar-refractivity contribution in [2.45, 2.75) is 20.4 Å². The van der Waals surface area contributed by atoms with Crippen molar-refractivity contribution in [3.05, 3.63) is 80.5 Å². The van der Waals surface area contributed by atoms with Crippen LogP contribution in [0.3, 0.4) is 0 Å². The Kier molecular flexibility index (Phi) is 5.32. The van der Waals surface area contributed by atoms with Crippen molar-refractivity contribution in [3.63, 3.8) is 0 Å². The number of benzene rings is 1. The van der Waals surface area contributed by atoms with E-state index in [0.717, 1.165) is 17.1 Å². The van der Waals surface area contributed by atoms with Gasteiger partial charge in [-0.25, -0.2) is 0 Å². The van der Waals surface area contributed by atoms with Crippen molar-refractivity contribution in [3.8, 4) is 5.75 Å². The van der Waals surface area contributed by atoms with Crippen molar-refractivity contribution in [2.24, 2.45) is 0 Å². The van der Waals surface area contributed by atoms with Gasteiger partial charge in [0.2, 0.25) is 5.78 Å². The molecule has 0 saturated heterocycles. The number of furan rings is 1. The molecule has 0 radical (unpaired) electrons. The summed E-state index contributed by atoms with van der Waals surface area (Å²) in [6, 6.07) is 9.35. The second-order valence-electron chi connectivity index (χ2n) is 6.03. The summed E-state index contributed by atoms with van der Waals surface area (Å²) in [6.07, 6.45) is 1.61. The third-order valence-electron chi connectivity index (χ3n) is 4.25. The average Bonchev–Trinajstić information content (AvgIpc) is 3.24. The van der Waals surface area contributed by atoms with Gasteiger partial charge in [0.15, 0.2) is 6.61 Å². The second kappa shape index (κ2) is 7.67. The van der Waals surface area contributed by atoms with Gasteiger partial charge in [-0.2, -0.15) is 0 Å². The van der Waals surface area contributed by atoms with E-state index < -0.39 is 4.92 Å². The van der Waals surface area contributed by atoms with Crippen LogP contribution >= 0.6 is 11.6 Å². The summed E-state index contributed by atoms with van der Waals surface area (Å²) in [7, 11) is 0. The monoisotopic (exact) mass is 388 g/mol. The molecule has 1 aromatic carbocycles. The lowest BCUT2D eigenvalue weighted by Crippen LogP contribution is -2.13. The molecule has 3 aromatic rings. The van der Waals surface area contributed by atoms with Crippen LogP contribution in [0.2, 0.25) is 5.02 Å². The molecule has 0 aliphatic heterocycles. The van der Waals surface area contributed by atoms with Crippen LogP contribution in [0, 0.1) is 24.0 Å². The molecule has 2 aromatic heterocycles. The number of ketones is 1. The summed E-state index contributed by atoms with van der Waals surface area (Å²) < 4.78 is 12.8. The van der Waals surface area contributed by atoms with Crippen molar-refractivity contribution < 1.29 is 18.9 Å². The fourth-order valence-electron chi connectivity index (χ4n) is 2.83. The maximum absolute atomic E-state index is 12.6. The Morgan fingerprint density at radius 1 is 1.30 bits per heavy atom. The third kappa shape index (κ3) is 4.03. The number of nitro benzene ring substituents is 1. The number of carbonyl (C=O) groups is 1. The van der Waals surface area contributed by atoms with E-state index in [1.807, 2.05) is 30.5 Å². The smallest absolute Gasteiger partial charge is 0.271 e. The van der Waals surface area contributed by atoms with Crippen molar-refractivity contribution in [2.75, 3.05) is 6.61 Å². The molecule has 0 spiro atoms. The maximum Gasteiger partial charge on any atom is 0.271 e. The topological polar surface area (TPSA) is 87.5 Å². The quantitative estimate of drug-likeness (QED) is 0.336. The average molecular weight is 389 g/mol. The van der Waals surface area contributed by atoms with Gasteiger partial charge < -0.3 is 13.7 Å². The van der Waals surface area contributed by atoms with E-state index in [2.05, 4.69) is 0 Å². The molecular formula is C19H17ClN2O5. The first kappa shape index (κ1) is 18.7. The molecule has 2 heterocycles. The lowest BCUT2D eigenvalue weighted by molar-refractivity contribution is -0.384. The van der Waals surface area contributed by atoms with E-state index in [4.69, 9.17) is 20.8 Å². The predicted octanol–water partition coefficient (Wildman–Crippen LogP) is 4.57. The lowest BCUT2D eigenvalue weighted by atomic mass is 10.1. The van der Waals surface area contributed by atoms with Gasteiger partial charge in [0.05, 0.1) is 22.8 Å². The Morgan fingerprint density at radius 3 is 2.70 bits per heavy atom. The number of non-ortho nitro benzene ring substituents is 1. The first-order valence-electron chi connectivity index (χ1n) is 8.16. The van der Waals surface area contributed by atoms with Gasteiger partial charge in [0.25, 0.3) is 5.69 Å². The largest absolute Gasteiger partial charge is 0.484 e. The normalized spacial score (nSPS) is 10.8. The zero-order valence-corrected chi connectivity index (χ0v) is 15.5. The fraction of sp³-hybridized carbons (Fsp3) is 0.211. The number of hydrogen-bond acceptors (Lipinski definition) is 5. The van der Waals surface area contributed by atoms with Crippen LogP contribution in [-0.4, -0.2) is 21.9 Å². The molecule has 0 atom stereocenters. The van der Waals surface area contributed by atoms with Gasteiger partial charge in [-0.3, -0.25) is 14.9 Å². The van der Waals surface area contributed by atoms with Crippen molar-refractivity contribution in [1.29, 1.82) is 0 Å². The second-order valence-corrected chi connectivity index (χ2v) is 6.44. The van der Waals surface area contributed by atoms with Gasteiger partial charge in [-0.1, -0.05) is 11.6 Å². The van der Waals surface area contributed by atoms with E-state index in [0.29, 0.717) is 12.1 Å². The number of Topliss-reactive ketones (excluding diaryl/α,β-unsaturated/α-hetero) is 1. The first-order valence-corrected chi connectivity index (χ1v) is 8.53. The molecule has 0 aliphatic carbocycles. The van der Waals surface area contributed by atoms with Gasteiger partial charge in [0.1, 0.15) is 11.5 Å². The summed E-state index contributed by atoms with van der Waals surface area (Å²) in [6.45, 7) is 4.10. The van der Waals surface area contributed by atoms with Crippen LogP contribution in [0.1, 0.15) is 27.5 Å². The van der Waals surface area contributed by atoms with Gasteiger partial charge >= 0.3 is 0 Å². The molecule has 0 N–H and O–H groups in total. The number of nitro groups is 1. The first-order chi connectivity index (χ1) is 12.9. The predicted molar refractivity (Wildman–Crippen MR) is 99.6 cm³/mol. The minimum atomic E-state index is -0.547. The van der Waals surface area contributed by atoms with E-state index in [-0.39, 0.29) is 28.8 Å². The molecule has 0 saturated carbocycles. The van der Waals surface area contributed by atoms with E-state index in [1.165, 1.54) is 18.2 Å². The number of halogens is 1. The molecule has 0 unspecified atom stereocenters. The van der Waals surface area contributed by atoms with Crippen LogP contribution in [-0.2, 0) is 6.54 Å². The maximum atomic E-state index is 12.6. The Morgan fingerprint density at radius 2 is 2.07 bits per heavy atom. The molecule has 140 valence electrons. The Bertz CT molecular complexity index is 992. The van der Waals surface area contributed by atoms with Crippen LogP contribution in [0.15, 0.2) is 47.1 Å². The summed E-state index contributed by atoms with van der Waals surface area (Å²) in [5, 5.41) is 10.8. The number of rotatable bonds is 7. The molecule has 0 amide bonds. The lowest BCUT2D eigenvalue weighted by Gasteiger charge is -2.09. The van der Waals surface area contributed by atoms with E-state index in [9.17, 15) is 14.9 Å². The highest BCUT2D eigenvalue weighted by atomic mass is 35.5. The summed E-state index contributed by atoms with van der Waals surface area (Å²) >= 11 is 5.99. The molecule has 8 heteroatoms. The highest BCUT2D eigenvalue weighted by Crippen LogP contribution is 2.29. The molecular weight excluding hydrogens is 372 g/mol. The number of aromatic nitrogens is 1. The Hall–Kier alpha value is -3.06. The van der Waals surface area contributed by atoms with Gasteiger partial charge in [0, 0.05) is 29.1 Å². The SMILES string of the molecule is Cc1cc(C(=O)COc2ccc([N+](=O)[O-])cc2Cl)c(C)n1Cc1ccco1. The highest BCUT2D eigenvalue weighted by molar-refractivity contribution is 6.32.